The Balaban J connectivity index is 0.000000220. The molecule has 0 bridgehead atoms. The van der Waals surface area contributed by atoms with Crippen molar-refractivity contribution in [2.75, 3.05) is 12.8 Å². The maximum atomic E-state index is 11.5. The van der Waals surface area contributed by atoms with Gasteiger partial charge in [0.05, 0.1) is 25.1 Å². The van der Waals surface area contributed by atoms with E-state index in [-0.39, 0.29) is 35.7 Å². The highest BCUT2D eigenvalue weighted by Gasteiger charge is 2.20. The number of halogens is 2. The highest BCUT2D eigenvalue weighted by molar-refractivity contribution is 9.11. The number of aromatic nitrogens is 1. The van der Waals surface area contributed by atoms with Crippen LogP contribution in [-0.4, -0.2) is 46.2 Å². The number of benzene rings is 2. The lowest BCUT2D eigenvalue weighted by molar-refractivity contribution is -0.158. The topological polar surface area (TPSA) is 195 Å². The Labute approximate surface area is 237 Å². The Bertz CT molecular complexity index is 1510. The maximum Gasteiger partial charge on any atom is 0.341 e. The number of hydrogen-bond donors (Lipinski definition) is 4. The third kappa shape index (κ3) is 9.57. The molecule has 39 heavy (non-hydrogen) atoms. The molecule has 2 aromatic carbocycles. The summed E-state index contributed by atoms with van der Waals surface area (Å²) >= 11 is 6.48. The lowest BCUT2D eigenvalue weighted by atomic mass is 10.1. The first-order valence-corrected chi connectivity index (χ1v) is 12.4. The summed E-state index contributed by atoms with van der Waals surface area (Å²) in [4.78, 5) is 57.0. The molecule has 1 aliphatic rings. The van der Waals surface area contributed by atoms with E-state index in [0.717, 1.165) is 10.5 Å². The summed E-state index contributed by atoms with van der Waals surface area (Å²) in [6.07, 6.45) is 0.731. The number of esters is 4. The smallest absolute Gasteiger partial charge is 0.341 e. The molecule has 12 nitrogen and oxygen atoms in total. The molecule has 0 atom stereocenters. The van der Waals surface area contributed by atoms with Crippen molar-refractivity contribution in [1.82, 2.24) is 4.98 Å². The van der Waals surface area contributed by atoms with E-state index in [1.165, 1.54) is 32.2 Å². The molecule has 0 saturated carbocycles. The minimum Gasteiger partial charge on any atom is -0.508 e. The Kier molecular flexibility index (Phi) is 11.2. The van der Waals surface area contributed by atoms with Gasteiger partial charge in [-0.1, -0.05) is 0 Å². The number of fused-ring (bicyclic) bond motifs is 1. The van der Waals surface area contributed by atoms with E-state index in [1.54, 1.807) is 18.2 Å². The van der Waals surface area contributed by atoms with Crippen molar-refractivity contribution in [1.29, 1.82) is 0 Å². The monoisotopic (exact) mass is 668 g/mol. The number of pyridine rings is 1. The molecule has 0 fully saturated rings. The molecular formula is C25H22Br2N2O10. The van der Waals surface area contributed by atoms with Gasteiger partial charge in [-0.05, 0) is 61.7 Å². The Hall–Kier alpha value is -4.17. The Morgan fingerprint density at radius 2 is 1.74 bits per heavy atom. The standard InChI is InChI=1S/C12H10BrNO4.C7H6O5.C6H6BrNO/c1-18-10(17)5-6-4-9(16)14-12-7(13)2-3-8(15)11(6)12;1-4(8)11-5-2-6(9)12-7(10)3-5;7-5-2-1-4(9)3-6(5)8/h2-4,15H,5H2,1H3,(H,14,16);2H,3H2,1H3;1-3,9H,8H2. The van der Waals surface area contributed by atoms with Gasteiger partial charge in [0.25, 0.3) is 0 Å². The van der Waals surface area contributed by atoms with E-state index in [4.69, 9.17) is 10.8 Å². The number of anilines is 1. The maximum absolute atomic E-state index is 11.5. The molecule has 0 saturated heterocycles. The summed E-state index contributed by atoms with van der Waals surface area (Å²) < 4.78 is 14.7. The normalized spacial score (nSPS) is 12.2. The van der Waals surface area contributed by atoms with Crippen molar-refractivity contribution >= 4 is 72.3 Å². The van der Waals surface area contributed by atoms with Gasteiger partial charge >= 0.3 is 23.9 Å². The van der Waals surface area contributed by atoms with E-state index < -0.39 is 23.9 Å². The van der Waals surface area contributed by atoms with Crippen LogP contribution in [-0.2, 0) is 39.8 Å². The summed E-state index contributed by atoms with van der Waals surface area (Å²) in [5.74, 6) is -2.32. The van der Waals surface area contributed by atoms with Gasteiger partial charge in [0.2, 0.25) is 5.56 Å². The first-order valence-electron chi connectivity index (χ1n) is 10.8. The van der Waals surface area contributed by atoms with Crippen LogP contribution < -0.4 is 11.3 Å². The molecule has 1 aliphatic heterocycles. The minimum absolute atomic E-state index is 0.00310. The molecule has 206 valence electrons. The molecule has 5 N–H and O–H groups in total. The fourth-order valence-corrected chi connectivity index (χ4v) is 3.73. The van der Waals surface area contributed by atoms with Crippen LogP contribution in [0.3, 0.4) is 0 Å². The van der Waals surface area contributed by atoms with Crippen molar-refractivity contribution in [2.45, 2.75) is 19.8 Å². The molecule has 4 rings (SSSR count). The van der Waals surface area contributed by atoms with E-state index in [1.807, 2.05) is 0 Å². The number of carbonyl (C=O) groups excluding carboxylic acids is 4. The number of nitrogens with one attached hydrogen (secondary N) is 1. The van der Waals surface area contributed by atoms with Crippen LogP contribution in [0.5, 0.6) is 11.5 Å². The van der Waals surface area contributed by atoms with Gasteiger partial charge in [-0.15, -0.1) is 0 Å². The molecule has 0 radical (unpaired) electrons. The van der Waals surface area contributed by atoms with E-state index in [9.17, 15) is 29.1 Å². The molecule has 0 aliphatic carbocycles. The second kappa shape index (κ2) is 14.1. The van der Waals surface area contributed by atoms with Crippen LogP contribution >= 0.6 is 31.9 Å². The quantitative estimate of drug-likeness (QED) is 0.138. The van der Waals surface area contributed by atoms with E-state index >= 15 is 0 Å². The highest BCUT2D eigenvalue weighted by atomic mass is 79.9. The van der Waals surface area contributed by atoms with Crippen molar-refractivity contribution in [3.8, 4) is 11.5 Å². The number of nitrogens with two attached hydrogens (primary N) is 1. The largest absolute Gasteiger partial charge is 0.508 e. The summed E-state index contributed by atoms with van der Waals surface area (Å²) in [5.41, 5.74) is 6.51. The van der Waals surface area contributed by atoms with Crippen LogP contribution in [0, 0.1) is 0 Å². The van der Waals surface area contributed by atoms with Crippen molar-refractivity contribution < 1.29 is 43.6 Å². The second-order valence-electron chi connectivity index (χ2n) is 7.61. The Morgan fingerprint density at radius 3 is 2.31 bits per heavy atom. The number of nitrogen functional groups attached to an aromatic ring is 1. The lowest BCUT2D eigenvalue weighted by Crippen LogP contribution is -2.18. The average Bonchev–Trinajstić information content (AvgIpc) is 2.83. The van der Waals surface area contributed by atoms with Gasteiger partial charge in [-0.2, -0.15) is 0 Å². The third-order valence-electron chi connectivity index (χ3n) is 4.64. The highest BCUT2D eigenvalue weighted by Crippen LogP contribution is 2.31. The number of carbonyl (C=O) groups is 4. The average molecular weight is 670 g/mol. The predicted octanol–water partition coefficient (Wildman–Crippen LogP) is 3.36. The summed E-state index contributed by atoms with van der Waals surface area (Å²) in [5, 5.41) is 19.1. The molecule has 0 amide bonds. The molecule has 14 heteroatoms. The zero-order chi connectivity index (χ0) is 29.3. The number of aromatic hydroxyl groups is 2. The fraction of sp³-hybridized carbons (Fsp3) is 0.160. The number of cyclic esters (lactones) is 2. The number of aromatic amines is 1. The Morgan fingerprint density at radius 1 is 1.08 bits per heavy atom. The van der Waals surface area contributed by atoms with Gasteiger partial charge in [-0.25, -0.2) is 4.79 Å². The summed E-state index contributed by atoms with van der Waals surface area (Å²) in [6, 6.07) is 9.15. The number of phenolic OH excluding ortho intramolecular Hbond substituents is 2. The molecule has 0 spiro atoms. The molecule has 2 heterocycles. The number of rotatable bonds is 3. The van der Waals surface area contributed by atoms with Gasteiger partial charge in [0, 0.05) is 39.1 Å². The molecule has 0 unspecified atom stereocenters. The van der Waals surface area contributed by atoms with Gasteiger partial charge in [0.1, 0.15) is 23.7 Å². The van der Waals surface area contributed by atoms with Crippen molar-refractivity contribution in [2.24, 2.45) is 0 Å². The van der Waals surface area contributed by atoms with Crippen LogP contribution in [0.25, 0.3) is 10.9 Å². The molecular weight excluding hydrogens is 648 g/mol. The van der Waals surface area contributed by atoms with Crippen LogP contribution in [0.15, 0.2) is 62.0 Å². The van der Waals surface area contributed by atoms with Crippen LogP contribution in [0.4, 0.5) is 5.69 Å². The minimum atomic E-state index is -0.803. The first kappa shape index (κ1) is 31.1. The SMILES string of the molecule is CC(=O)OC1=CC(=O)OC(=O)C1.COC(=O)Cc1cc(=O)[nH]c2c(Br)ccc(O)c12.Nc1cc(O)ccc1Br. The number of ether oxygens (including phenoxy) is 3. The second-order valence-corrected chi connectivity index (χ2v) is 9.32. The molecule has 1 aromatic heterocycles. The van der Waals surface area contributed by atoms with Gasteiger partial charge in [0.15, 0.2) is 0 Å². The fourth-order valence-electron chi connectivity index (χ4n) is 3.05. The van der Waals surface area contributed by atoms with E-state index in [0.29, 0.717) is 26.6 Å². The van der Waals surface area contributed by atoms with Crippen molar-refractivity contribution in [3.63, 3.8) is 0 Å². The predicted molar refractivity (Wildman–Crippen MR) is 145 cm³/mol. The van der Waals surface area contributed by atoms with Gasteiger partial charge in [-0.3, -0.25) is 19.2 Å². The zero-order valence-electron chi connectivity index (χ0n) is 20.4. The first-order chi connectivity index (χ1) is 18.3. The summed E-state index contributed by atoms with van der Waals surface area (Å²) in [6.45, 7) is 1.19. The number of hydrogen-bond acceptors (Lipinski definition) is 11. The zero-order valence-corrected chi connectivity index (χ0v) is 23.6. The van der Waals surface area contributed by atoms with Crippen LogP contribution in [0.1, 0.15) is 18.9 Å². The van der Waals surface area contributed by atoms with Gasteiger partial charge < -0.3 is 35.1 Å². The molecule has 3 aromatic rings. The van der Waals surface area contributed by atoms with Crippen molar-refractivity contribution in [3.05, 3.63) is 73.1 Å². The van der Waals surface area contributed by atoms with E-state index in [2.05, 4.69) is 51.1 Å². The number of methoxy groups -OCH3 is 1. The lowest BCUT2D eigenvalue weighted by Gasteiger charge is -2.09. The number of H-pyrrole nitrogens is 1. The van der Waals surface area contributed by atoms with Crippen LogP contribution in [0.2, 0.25) is 0 Å². The third-order valence-corrected chi connectivity index (χ3v) is 6.02. The summed E-state index contributed by atoms with van der Waals surface area (Å²) in [7, 11) is 1.27. The number of phenols is 2.